The Morgan fingerprint density at radius 1 is 0.516 bits per heavy atom. The molecule has 0 nitrogen and oxygen atoms in total. The van der Waals surface area contributed by atoms with Crippen molar-refractivity contribution in [1.82, 2.24) is 0 Å². The zero-order chi connectivity index (χ0) is 21.7. The molecule has 0 atom stereocenters. The molecule has 0 N–H and O–H groups in total. The SMILES string of the molecule is C.C.CC(C)c1ccc(C(C)C)c(F)c1.CC(C)c1ccc(C(C)C)c2ccccc12. The van der Waals surface area contributed by atoms with Gasteiger partial charge in [-0.25, -0.2) is 4.39 Å². The molecular weight excluding hydrogens is 379 g/mol. The minimum Gasteiger partial charge on any atom is -0.207 e. The minimum atomic E-state index is -0.0683. The average Bonchev–Trinajstić information content (AvgIpc) is 2.66. The summed E-state index contributed by atoms with van der Waals surface area (Å²) in [5.41, 5.74) is 4.80. The Hall–Kier alpha value is -2.15. The van der Waals surface area contributed by atoms with Crippen molar-refractivity contribution in [3.63, 3.8) is 0 Å². The predicted octanol–water partition coefficient (Wildman–Crippen LogP) is 10.4. The van der Waals surface area contributed by atoms with Crippen LogP contribution in [0.4, 0.5) is 4.39 Å². The molecule has 3 aromatic rings. The van der Waals surface area contributed by atoms with Crippen molar-refractivity contribution in [2.24, 2.45) is 0 Å². The monoisotopic (exact) mass is 424 g/mol. The van der Waals surface area contributed by atoms with Gasteiger partial charge in [-0.3, -0.25) is 0 Å². The molecule has 172 valence electrons. The van der Waals surface area contributed by atoms with Gasteiger partial charge in [-0.2, -0.15) is 0 Å². The molecule has 0 aliphatic rings. The molecular formula is C30H45F. The van der Waals surface area contributed by atoms with E-state index in [1.54, 1.807) is 6.07 Å². The predicted molar refractivity (Wildman–Crippen MR) is 140 cm³/mol. The van der Waals surface area contributed by atoms with Crippen LogP contribution in [0.25, 0.3) is 10.8 Å². The first-order chi connectivity index (χ1) is 13.6. The van der Waals surface area contributed by atoms with Gasteiger partial charge in [-0.15, -0.1) is 0 Å². The van der Waals surface area contributed by atoms with Gasteiger partial charge in [0.05, 0.1) is 0 Å². The van der Waals surface area contributed by atoms with Gasteiger partial charge in [0.2, 0.25) is 0 Å². The third-order valence-electron chi connectivity index (χ3n) is 5.55. The van der Waals surface area contributed by atoms with Gasteiger partial charge in [-0.05, 0) is 62.8 Å². The van der Waals surface area contributed by atoms with Crippen LogP contribution in [-0.2, 0) is 0 Å². The van der Waals surface area contributed by atoms with E-state index in [1.807, 2.05) is 26.0 Å². The van der Waals surface area contributed by atoms with Gasteiger partial charge in [0.15, 0.2) is 0 Å². The molecule has 0 aliphatic heterocycles. The number of halogens is 1. The second kappa shape index (κ2) is 12.6. The molecule has 0 spiro atoms. The number of hydrogen-bond donors (Lipinski definition) is 0. The third kappa shape index (κ3) is 7.20. The highest BCUT2D eigenvalue weighted by atomic mass is 19.1. The van der Waals surface area contributed by atoms with E-state index in [1.165, 1.54) is 21.9 Å². The zero-order valence-electron chi connectivity index (χ0n) is 19.4. The van der Waals surface area contributed by atoms with Crippen LogP contribution in [0, 0.1) is 5.82 Å². The van der Waals surface area contributed by atoms with Crippen molar-refractivity contribution < 1.29 is 4.39 Å². The van der Waals surface area contributed by atoms with Crippen LogP contribution in [0.15, 0.2) is 54.6 Å². The number of benzene rings is 3. The highest BCUT2D eigenvalue weighted by molar-refractivity contribution is 5.89. The highest BCUT2D eigenvalue weighted by Crippen LogP contribution is 2.31. The van der Waals surface area contributed by atoms with Crippen LogP contribution in [0.5, 0.6) is 0 Å². The Kier molecular flexibility index (Phi) is 11.8. The van der Waals surface area contributed by atoms with Crippen molar-refractivity contribution in [3.8, 4) is 0 Å². The Morgan fingerprint density at radius 3 is 1.23 bits per heavy atom. The minimum absolute atomic E-state index is 0. The summed E-state index contributed by atoms with van der Waals surface area (Å²) in [5, 5.41) is 2.84. The second-order valence-electron chi connectivity index (χ2n) is 9.19. The molecule has 1 heteroatoms. The second-order valence-corrected chi connectivity index (χ2v) is 9.19. The van der Waals surface area contributed by atoms with Crippen molar-refractivity contribution in [1.29, 1.82) is 0 Å². The molecule has 0 aromatic heterocycles. The molecule has 0 aliphatic carbocycles. The van der Waals surface area contributed by atoms with E-state index in [2.05, 4.69) is 77.9 Å². The summed E-state index contributed by atoms with van der Waals surface area (Å²) in [6.45, 7) is 17.2. The van der Waals surface area contributed by atoms with Crippen molar-refractivity contribution in [2.75, 3.05) is 0 Å². The zero-order valence-corrected chi connectivity index (χ0v) is 19.4. The summed E-state index contributed by atoms with van der Waals surface area (Å²) in [6.07, 6.45) is 0. The van der Waals surface area contributed by atoms with E-state index >= 15 is 0 Å². The average molecular weight is 425 g/mol. The molecule has 0 unspecified atom stereocenters. The van der Waals surface area contributed by atoms with E-state index in [4.69, 9.17) is 0 Å². The Morgan fingerprint density at radius 2 is 0.903 bits per heavy atom. The first-order valence-electron chi connectivity index (χ1n) is 10.9. The lowest BCUT2D eigenvalue weighted by atomic mass is 9.89. The molecule has 3 aromatic carbocycles. The Bertz CT molecular complexity index is 886. The van der Waals surface area contributed by atoms with Crippen LogP contribution in [-0.4, -0.2) is 0 Å². The van der Waals surface area contributed by atoms with Gasteiger partial charge in [0.25, 0.3) is 0 Å². The van der Waals surface area contributed by atoms with Crippen LogP contribution in [0.2, 0.25) is 0 Å². The van der Waals surface area contributed by atoms with Gasteiger partial charge < -0.3 is 0 Å². The number of fused-ring (bicyclic) bond motifs is 1. The molecule has 31 heavy (non-hydrogen) atoms. The molecule has 0 fully saturated rings. The molecule has 0 amide bonds. The normalized spacial score (nSPS) is 10.7. The summed E-state index contributed by atoms with van der Waals surface area (Å²) in [5.74, 6) is 1.77. The number of rotatable bonds is 4. The van der Waals surface area contributed by atoms with Crippen LogP contribution in [0.1, 0.15) is 116 Å². The van der Waals surface area contributed by atoms with Gasteiger partial charge in [0.1, 0.15) is 5.82 Å². The van der Waals surface area contributed by atoms with E-state index in [0.717, 1.165) is 11.1 Å². The van der Waals surface area contributed by atoms with Crippen LogP contribution in [0.3, 0.4) is 0 Å². The Balaban J connectivity index is 0.000000557. The first-order valence-corrected chi connectivity index (χ1v) is 10.9. The third-order valence-corrected chi connectivity index (χ3v) is 5.55. The fraction of sp³-hybridized carbons (Fsp3) is 0.467. The van der Waals surface area contributed by atoms with Crippen LogP contribution >= 0.6 is 0 Å². The fourth-order valence-corrected chi connectivity index (χ4v) is 3.72. The molecule has 0 heterocycles. The summed E-state index contributed by atoms with van der Waals surface area (Å²) in [7, 11) is 0. The van der Waals surface area contributed by atoms with E-state index in [0.29, 0.717) is 17.8 Å². The maximum absolute atomic E-state index is 13.5. The first kappa shape index (κ1) is 28.9. The van der Waals surface area contributed by atoms with Crippen LogP contribution < -0.4 is 0 Å². The number of hydrogen-bond acceptors (Lipinski definition) is 0. The molecule has 0 radical (unpaired) electrons. The van der Waals surface area contributed by atoms with Crippen molar-refractivity contribution in [2.45, 2.75) is 93.9 Å². The quantitative estimate of drug-likeness (QED) is 0.390. The fourth-order valence-electron chi connectivity index (χ4n) is 3.72. The topological polar surface area (TPSA) is 0 Å². The van der Waals surface area contributed by atoms with E-state index < -0.39 is 0 Å². The maximum Gasteiger partial charge on any atom is 0.126 e. The lowest BCUT2D eigenvalue weighted by Gasteiger charge is -2.15. The Labute approximate surface area is 191 Å². The van der Waals surface area contributed by atoms with Gasteiger partial charge >= 0.3 is 0 Å². The smallest absolute Gasteiger partial charge is 0.126 e. The van der Waals surface area contributed by atoms with E-state index in [-0.39, 0.29) is 26.6 Å². The summed E-state index contributed by atoms with van der Waals surface area (Å²) < 4.78 is 13.5. The van der Waals surface area contributed by atoms with Gasteiger partial charge in [0, 0.05) is 0 Å². The highest BCUT2D eigenvalue weighted by Gasteiger charge is 2.10. The maximum atomic E-state index is 13.5. The lowest BCUT2D eigenvalue weighted by molar-refractivity contribution is 0.594. The summed E-state index contributed by atoms with van der Waals surface area (Å²) in [6, 6.07) is 18.9. The summed E-state index contributed by atoms with van der Waals surface area (Å²) >= 11 is 0. The van der Waals surface area contributed by atoms with E-state index in [9.17, 15) is 4.39 Å². The summed E-state index contributed by atoms with van der Waals surface area (Å²) in [4.78, 5) is 0. The molecule has 0 bridgehead atoms. The largest absolute Gasteiger partial charge is 0.207 e. The molecule has 0 saturated carbocycles. The standard InChI is InChI=1S/C16H20.C12H17F.2CH4/c1-11(2)13-9-10-14(12(3)4)16-8-6-5-7-15(13)16;1-8(2)10-5-6-11(9(3)4)12(13)7-10;;/h5-12H,1-4H3;5-9H,1-4H3;2*1H4. The van der Waals surface area contributed by atoms with Crippen molar-refractivity contribution in [3.05, 3.63) is 82.7 Å². The molecule has 3 rings (SSSR count). The molecule has 0 saturated heterocycles. The van der Waals surface area contributed by atoms with Crippen molar-refractivity contribution >= 4 is 10.8 Å². The van der Waals surface area contributed by atoms with Gasteiger partial charge in [-0.1, -0.05) is 119 Å². The lowest BCUT2D eigenvalue weighted by Crippen LogP contribution is -1.96.